The number of hydrogen-bond donors (Lipinski definition) is 1. The molecule has 6 heteroatoms. The average Bonchev–Trinajstić information content (AvgIpc) is 3.12. The van der Waals surface area contributed by atoms with Gasteiger partial charge in [-0.3, -0.25) is 4.79 Å². The molecule has 0 fully saturated rings. The number of anilines is 1. The van der Waals surface area contributed by atoms with Crippen LogP contribution in [0, 0.1) is 6.92 Å². The van der Waals surface area contributed by atoms with Crippen LogP contribution in [0.1, 0.15) is 12.0 Å². The Morgan fingerprint density at radius 3 is 2.46 bits per heavy atom. The Bertz CT molecular complexity index is 858. The van der Waals surface area contributed by atoms with Crippen LogP contribution in [0.15, 0.2) is 53.9 Å². The van der Waals surface area contributed by atoms with Gasteiger partial charge in [-0.25, -0.2) is 4.98 Å². The van der Waals surface area contributed by atoms with Crippen molar-refractivity contribution in [2.75, 3.05) is 19.0 Å². The smallest absolute Gasteiger partial charge is 0.229 e. The zero-order valence-corrected chi connectivity index (χ0v) is 15.5. The molecular weight excluding hydrogens is 348 g/mol. The van der Waals surface area contributed by atoms with Gasteiger partial charge < -0.3 is 14.8 Å². The molecule has 0 saturated carbocycles. The summed E-state index contributed by atoms with van der Waals surface area (Å²) in [6.45, 7) is 2.34. The second-order valence-corrected chi connectivity index (χ2v) is 6.58. The molecule has 0 spiro atoms. The van der Waals surface area contributed by atoms with E-state index in [4.69, 9.17) is 9.47 Å². The molecule has 0 saturated heterocycles. The molecule has 0 aliphatic heterocycles. The van der Waals surface area contributed by atoms with Crippen molar-refractivity contribution in [2.24, 2.45) is 0 Å². The Kier molecular flexibility index (Phi) is 5.86. The molecule has 1 heterocycles. The highest BCUT2D eigenvalue weighted by Crippen LogP contribution is 2.26. The quantitative estimate of drug-likeness (QED) is 0.665. The Hall–Kier alpha value is -2.86. The second kappa shape index (κ2) is 8.49. The third kappa shape index (κ3) is 4.83. The number of methoxy groups -OCH3 is 1. The number of ether oxygens (including phenoxy) is 2. The van der Waals surface area contributed by atoms with E-state index in [1.807, 2.05) is 60.8 Å². The molecule has 1 amide bonds. The van der Waals surface area contributed by atoms with Crippen LogP contribution in [0.5, 0.6) is 11.5 Å². The summed E-state index contributed by atoms with van der Waals surface area (Å²) in [7, 11) is 1.63. The van der Waals surface area contributed by atoms with Crippen LogP contribution >= 0.6 is 11.3 Å². The molecule has 3 rings (SSSR count). The van der Waals surface area contributed by atoms with Crippen molar-refractivity contribution < 1.29 is 14.3 Å². The predicted molar refractivity (Wildman–Crippen MR) is 104 cm³/mol. The Balaban J connectivity index is 1.50. The van der Waals surface area contributed by atoms with Crippen molar-refractivity contribution in [2.45, 2.75) is 13.3 Å². The molecule has 2 aromatic carbocycles. The van der Waals surface area contributed by atoms with Gasteiger partial charge in [0.1, 0.15) is 11.5 Å². The van der Waals surface area contributed by atoms with Crippen LogP contribution in [0.2, 0.25) is 0 Å². The van der Waals surface area contributed by atoms with E-state index in [9.17, 15) is 4.79 Å². The zero-order valence-electron chi connectivity index (χ0n) is 14.7. The lowest BCUT2D eigenvalue weighted by molar-refractivity contribution is -0.116. The molecule has 5 nitrogen and oxygen atoms in total. The Morgan fingerprint density at radius 2 is 1.77 bits per heavy atom. The molecule has 0 radical (unpaired) electrons. The third-order valence-electron chi connectivity index (χ3n) is 3.76. The molecule has 1 aromatic heterocycles. The fourth-order valence-corrected chi connectivity index (χ4v) is 3.04. The minimum absolute atomic E-state index is 0.118. The number of amides is 1. The van der Waals surface area contributed by atoms with Crippen LogP contribution < -0.4 is 14.8 Å². The van der Waals surface area contributed by atoms with Crippen molar-refractivity contribution in [1.29, 1.82) is 0 Å². The maximum absolute atomic E-state index is 12.0. The first-order valence-corrected chi connectivity index (χ1v) is 9.11. The number of carbonyl (C=O) groups excluding carboxylic acids is 1. The van der Waals surface area contributed by atoms with Gasteiger partial charge in [0, 0.05) is 10.9 Å². The van der Waals surface area contributed by atoms with Gasteiger partial charge in [0.05, 0.1) is 25.8 Å². The molecule has 134 valence electrons. The minimum Gasteiger partial charge on any atom is -0.497 e. The molecule has 0 atom stereocenters. The largest absolute Gasteiger partial charge is 0.497 e. The Labute approximate surface area is 156 Å². The number of benzene rings is 2. The summed E-state index contributed by atoms with van der Waals surface area (Å²) in [5, 5.41) is 5.31. The number of aromatic nitrogens is 1. The van der Waals surface area contributed by atoms with Crippen LogP contribution in [-0.4, -0.2) is 24.6 Å². The summed E-state index contributed by atoms with van der Waals surface area (Å²) < 4.78 is 10.7. The zero-order chi connectivity index (χ0) is 18.4. The summed E-state index contributed by atoms with van der Waals surface area (Å²) in [4.78, 5) is 16.5. The normalized spacial score (nSPS) is 10.4. The van der Waals surface area contributed by atoms with E-state index in [0.717, 1.165) is 22.8 Å². The first-order valence-electron chi connectivity index (χ1n) is 8.23. The lowest BCUT2D eigenvalue weighted by Gasteiger charge is -2.06. The monoisotopic (exact) mass is 368 g/mol. The maximum atomic E-state index is 12.0. The SMILES string of the molecule is COc1ccc(-c2csc(NC(=O)CCOc3ccc(C)cc3)n2)cc1. The highest BCUT2D eigenvalue weighted by Gasteiger charge is 2.08. The maximum Gasteiger partial charge on any atom is 0.229 e. The van der Waals surface area contributed by atoms with E-state index in [0.29, 0.717) is 11.7 Å². The molecule has 0 unspecified atom stereocenters. The molecule has 0 aliphatic carbocycles. The minimum atomic E-state index is -0.118. The van der Waals surface area contributed by atoms with Gasteiger partial charge in [-0.05, 0) is 43.3 Å². The van der Waals surface area contributed by atoms with Crippen molar-refractivity contribution in [3.63, 3.8) is 0 Å². The summed E-state index contributed by atoms with van der Waals surface area (Å²) in [6.07, 6.45) is 0.269. The van der Waals surface area contributed by atoms with Crippen molar-refractivity contribution in [3.05, 3.63) is 59.5 Å². The highest BCUT2D eigenvalue weighted by atomic mass is 32.1. The fraction of sp³-hybridized carbons (Fsp3) is 0.200. The van der Waals surface area contributed by atoms with Crippen molar-refractivity contribution >= 4 is 22.4 Å². The number of hydrogen-bond acceptors (Lipinski definition) is 5. The second-order valence-electron chi connectivity index (χ2n) is 5.73. The molecule has 1 N–H and O–H groups in total. The summed E-state index contributed by atoms with van der Waals surface area (Å²) in [5.41, 5.74) is 2.97. The third-order valence-corrected chi connectivity index (χ3v) is 4.51. The average molecular weight is 368 g/mol. The predicted octanol–water partition coefficient (Wildman–Crippen LogP) is 4.53. The van der Waals surface area contributed by atoms with Gasteiger partial charge >= 0.3 is 0 Å². The first kappa shape index (κ1) is 17.9. The van der Waals surface area contributed by atoms with Gasteiger partial charge in [0.25, 0.3) is 0 Å². The molecule has 0 aliphatic rings. The number of nitrogens with one attached hydrogen (secondary N) is 1. The van der Waals surface area contributed by atoms with Crippen molar-refractivity contribution in [3.8, 4) is 22.8 Å². The van der Waals surface area contributed by atoms with Gasteiger partial charge in [0.15, 0.2) is 5.13 Å². The van der Waals surface area contributed by atoms with Gasteiger partial charge in [0.2, 0.25) is 5.91 Å². The molecule has 0 bridgehead atoms. The van der Waals surface area contributed by atoms with Gasteiger partial charge in [-0.1, -0.05) is 17.7 Å². The van der Waals surface area contributed by atoms with Gasteiger partial charge in [-0.15, -0.1) is 11.3 Å². The van der Waals surface area contributed by atoms with E-state index in [2.05, 4.69) is 10.3 Å². The molecular formula is C20H20N2O3S. The van der Waals surface area contributed by atoms with E-state index < -0.39 is 0 Å². The van der Waals surface area contributed by atoms with Gasteiger partial charge in [-0.2, -0.15) is 0 Å². The van der Waals surface area contributed by atoms with Crippen LogP contribution in [-0.2, 0) is 4.79 Å². The fourth-order valence-electron chi connectivity index (χ4n) is 2.30. The van der Waals surface area contributed by atoms with E-state index in [-0.39, 0.29) is 12.3 Å². The van der Waals surface area contributed by atoms with E-state index in [1.54, 1.807) is 7.11 Å². The first-order chi connectivity index (χ1) is 12.6. The summed E-state index contributed by atoms with van der Waals surface area (Å²) in [5.74, 6) is 1.44. The lowest BCUT2D eigenvalue weighted by atomic mass is 10.2. The van der Waals surface area contributed by atoms with E-state index in [1.165, 1.54) is 16.9 Å². The highest BCUT2D eigenvalue weighted by molar-refractivity contribution is 7.14. The Morgan fingerprint density at radius 1 is 1.08 bits per heavy atom. The topological polar surface area (TPSA) is 60.5 Å². The number of rotatable bonds is 7. The number of thiazole rings is 1. The van der Waals surface area contributed by atoms with E-state index >= 15 is 0 Å². The summed E-state index contributed by atoms with van der Waals surface area (Å²) in [6, 6.07) is 15.4. The number of carbonyl (C=O) groups is 1. The van der Waals surface area contributed by atoms with Crippen molar-refractivity contribution in [1.82, 2.24) is 4.98 Å². The standard InChI is InChI=1S/C20H20N2O3S/c1-14-3-7-17(8-4-14)25-12-11-19(23)22-20-21-18(13-26-20)15-5-9-16(24-2)10-6-15/h3-10,13H,11-12H2,1-2H3,(H,21,22,23). The molecule has 3 aromatic rings. The summed E-state index contributed by atoms with van der Waals surface area (Å²) >= 11 is 1.40. The number of aryl methyl sites for hydroxylation is 1. The lowest BCUT2D eigenvalue weighted by Crippen LogP contribution is -2.15. The van der Waals surface area contributed by atoms with Crippen LogP contribution in [0.25, 0.3) is 11.3 Å². The molecule has 26 heavy (non-hydrogen) atoms. The number of nitrogens with zero attached hydrogens (tertiary/aromatic N) is 1. The van der Waals surface area contributed by atoms with Crippen LogP contribution in [0.4, 0.5) is 5.13 Å². The van der Waals surface area contributed by atoms with Crippen LogP contribution in [0.3, 0.4) is 0 Å².